The van der Waals surface area contributed by atoms with Crippen molar-refractivity contribution in [2.24, 2.45) is 4.99 Å². The third-order valence-electron chi connectivity index (χ3n) is 4.48. The molecule has 1 heterocycles. The van der Waals surface area contributed by atoms with Crippen LogP contribution in [0.3, 0.4) is 0 Å². The second-order valence-electron chi connectivity index (χ2n) is 7.85. The molecule has 1 saturated heterocycles. The van der Waals surface area contributed by atoms with Gasteiger partial charge in [-0.05, 0) is 42.1 Å². The molecule has 1 fully saturated rings. The summed E-state index contributed by atoms with van der Waals surface area (Å²) in [7, 11) is 0. The van der Waals surface area contributed by atoms with Gasteiger partial charge in [0.2, 0.25) is 0 Å². The van der Waals surface area contributed by atoms with E-state index in [0.717, 1.165) is 43.4 Å². The fraction of sp³-hybridized carbons (Fsp3) is 0.650. The molecule has 0 amide bonds. The molecular formula is C20H33N3OS. The van der Waals surface area contributed by atoms with Crippen LogP contribution in [0.1, 0.15) is 45.2 Å². The van der Waals surface area contributed by atoms with E-state index < -0.39 is 5.60 Å². The Balaban J connectivity index is 1.84. The highest BCUT2D eigenvalue weighted by molar-refractivity contribution is 7.99. The zero-order valence-electron chi connectivity index (χ0n) is 16.1. The Morgan fingerprint density at radius 1 is 1.24 bits per heavy atom. The van der Waals surface area contributed by atoms with Gasteiger partial charge in [0.05, 0.1) is 12.1 Å². The number of aliphatic hydroxyl groups is 1. The third-order valence-corrected chi connectivity index (χ3v) is 5.72. The Hall–Kier alpha value is -1.20. The Bertz CT molecular complexity index is 557. The van der Waals surface area contributed by atoms with Gasteiger partial charge < -0.3 is 15.7 Å². The van der Waals surface area contributed by atoms with Crippen LogP contribution in [-0.4, -0.2) is 47.8 Å². The van der Waals surface area contributed by atoms with Crippen molar-refractivity contribution in [1.29, 1.82) is 0 Å². The largest absolute Gasteiger partial charge is 0.387 e. The standard InChI is InChI=1S/C20H33N3OS/c1-5-21-18(23-14-20(24)11-13-25-15-20)22-12-10-16-6-8-17(9-7-16)19(2,3)4/h6-9,24H,5,10-15H2,1-4H3,(H2,21,22,23). The molecular weight excluding hydrogens is 330 g/mol. The molecule has 0 aliphatic carbocycles. The van der Waals surface area contributed by atoms with Gasteiger partial charge in [-0.25, -0.2) is 0 Å². The molecule has 140 valence electrons. The normalized spacial score (nSPS) is 21.4. The van der Waals surface area contributed by atoms with Gasteiger partial charge in [0.15, 0.2) is 5.96 Å². The van der Waals surface area contributed by atoms with Crippen molar-refractivity contribution in [1.82, 2.24) is 10.6 Å². The summed E-state index contributed by atoms with van der Waals surface area (Å²) in [6.45, 7) is 10.9. The first-order valence-corrected chi connectivity index (χ1v) is 10.4. The molecule has 1 aromatic carbocycles. The van der Waals surface area contributed by atoms with Crippen molar-refractivity contribution in [2.75, 3.05) is 31.1 Å². The maximum atomic E-state index is 10.4. The molecule has 4 nitrogen and oxygen atoms in total. The second-order valence-corrected chi connectivity index (χ2v) is 8.95. The molecule has 0 radical (unpaired) electrons. The number of benzene rings is 1. The monoisotopic (exact) mass is 363 g/mol. The molecule has 0 bridgehead atoms. The van der Waals surface area contributed by atoms with Crippen LogP contribution >= 0.6 is 11.8 Å². The highest BCUT2D eigenvalue weighted by atomic mass is 32.2. The summed E-state index contributed by atoms with van der Waals surface area (Å²) in [6.07, 6.45) is 1.79. The predicted octanol–water partition coefficient (Wildman–Crippen LogP) is 2.95. The van der Waals surface area contributed by atoms with E-state index in [1.54, 1.807) is 11.8 Å². The zero-order chi connectivity index (χ0) is 18.3. The van der Waals surface area contributed by atoms with E-state index in [9.17, 15) is 5.11 Å². The maximum Gasteiger partial charge on any atom is 0.191 e. The summed E-state index contributed by atoms with van der Waals surface area (Å²) in [4.78, 5) is 4.58. The number of hydrogen-bond acceptors (Lipinski definition) is 3. The molecule has 1 atom stereocenters. The van der Waals surface area contributed by atoms with E-state index >= 15 is 0 Å². The summed E-state index contributed by atoms with van der Waals surface area (Å²) in [5, 5.41) is 17.1. The topological polar surface area (TPSA) is 56.7 Å². The molecule has 0 spiro atoms. The number of nitrogens with zero attached hydrogens (tertiary/aromatic N) is 1. The number of rotatable bonds is 6. The van der Waals surface area contributed by atoms with Gasteiger partial charge in [0.25, 0.3) is 0 Å². The van der Waals surface area contributed by atoms with Crippen LogP contribution in [0.5, 0.6) is 0 Å². The number of nitrogens with one attached hydrogen (secondary N) is 2. The first-order valence-electron chi connectivity index (χ1n) is 9.24. The maximum absolute atomic E-state index is 10.4. The minimum atomic E-state index is -0.629. The summed E-state index contributed by atoms with van der Waals surface area (Å²) < 4.78 is 0. The van der Waals surface area contributed by atoms with E-state index in [0.29, 0.717) is 6.54 Å². The van der Waals surface area contributed by atoms with Crippen molar-refractivity contribution in [3.05, 3.63) is 35.4 Å². The number of guanidine groups is 1. The minimum absolute atomic E-state index is 0.195. The Labute approximate surface area is 156 Å². The molecule has 25 heavy (non-hydrogen) atoms. The van der Waals surface area contributed by atoms with E-state index in [4.69, 9.17) is 0 Å². The van der Waals surface area contributed by atoms with Gasteiger partial charge in [-0.15, -0.1) is 0 Å². The molecule has 0 aromatic heterocycles. The van der Waals surface area contributed by atoms with E-state index in [1.165, 1.54) is 11.1 Å². The van der Waals surface area contributed by atoms with Crippen molar-refractivity contribution in [2.45, 2.75) is 51.6 Å². The quantitative estimate of drug-likeness (QED) is 0.537. The van der Waals surface area contributed by atoms with Gasteiger partial charge in [-0.2, -0.15) is 11.8 Å². The van der Waals surface area contributed by atoms with Gasteiger partial charge in [0, 0.05) is 18.8 Å². The lowest BCUT2D eigenvalue weighted by Gasteiger charge is -2.20. The molecule has 2 rings (SSSR count). The van der Waals surface area contributed by atoms with Gasteiger partial charge >= 0.3 is 0 Å². The highest BCUT2D eigenvalue weighted by Crippen LogP contribution is 2.27. The van der Waals surface area contributed by atoms with Crippen LogP contribution in [-0.2, 0) is 11.8 Å². The SMILES string of the molecule is CCNC(=NCC1(O)CCSC1)NCCc1ccc(C(C)(C)C)cc1. The molecule has 1 aliphatic rings. The lowest BCUT2D eigenvalue weighted by atomic mass is 9.86. The number of hydrogen-bond donors (Lipinski definition) is 3. The number of aliphatic imine (C=N–C) groups is 1. The molecule has 1 unspecified atom stereocenters. The fourth-order valence-corrected chi connectivity index (χ4v) is 4.07. The average molecular weight is 364 g/mol. The predicted molar refractivity (Wildman–Crippen MR) is 110 cm³/mol. The zero-order valence-corrected chi connectivity index (χ0v) is 16.9. The third kappa shape index (κ3) is 6.55. The Kier molecular flexibility index (Phi) is 7.20. The molecule has 1 aromatic rings. The molecule has 3 N–H and O–H groups in total. The minimum Gasteiger partial charge on any atom is -0.387 e. The first-order chi connectivity index (χ1) is 11.8. The van der Waals surface area contributed by atoms with Crippen LogP contribution < -0.4 is 10.6 Å². The average Bonchev–Trinajstić information content (AvgIpc) is 2.99. The molecule has 1 aliphatic heterocycles. The molecule has 0 saturated carbocycles. The van der Waals surface area contributed by atoms with Gasteiger partial charge in [-0.1, -0.05) is 45.0 Å². The van der Waals surface area contributed by atoms with Crippen LogP contribution in [0.4, 0.5) is 0 Å². The van der Waals surface area contributed by atoms with E-state index in [1.807, 2.05) is 0 Å². The highest BCUT2D eigenvalue weighted by Gasteiger charge is 2.31. The van der Waals surface area contributed by atoms with Gasteiger partial charge in [-0.3, -0.25) is 4.99 Å². The lowest BCUT2D eigenvalue weighted by Crippen LogP contribution is -2.40. The van der Waals surface area contributed by atoms with Crippen molar-refractivity contribution in [3.8, 4) is 0 Å². The summed E-state index contributed by atoms with van der Waals surface area (Å²) in [6, 6.07) is 8.87. The lowest BCUT2D eigenvalue weighted by molar-refractivity contribution is 0.0778. The summed E-state index contributed by atoms with van der Waals surface area (Å²) in [5.74, 6) is 2.61. The van der Waals surface area contributed by atoms with Crippen LogP contribution in [0, 0.1) is 0 Å². The van der Waals surface area contributed by atoms with Crippen molar-refractivity contribution >= 4 is 17.7 Å². The van der Waals surface area contributed by atoms with Crippen molar-refractivity contribution in [3.63, 3.8) is 0 Å². The first kappa shape index (κ1) is 20.1. The van der Waals surface area contributed by atoms with E-state index in [-0.39, 0.29) is 5.41 Å². The fourth-order valence-electron chi connectivity index (χ4n) is 2.79. The second kappa shape index (κ2) is 8.95. The smallest absolute Gasteiger partial charge is 0.191 e. The van der Waals surface area contributed by atoms with Crippen LogP contribution in [0.25, 0.3) is 0 Å². The van der Waals surface area contributed by atoms with Crippen LogP contribution in [0.2, 0.25) is 0 Å². The van der Waals surface area contributed by atoms with Gasteiger partial charge in [0.1, 0.15) is 0 Å². The number of thioether (sulfide) groups is 1. The van der Waals surface area contributed by atoms with Crippen LogP contribution in [0.15, 0.2) is 29.3 Å². The Morgan fingerprint density at radius 3 is 2.52 bits per heavy atom. The Morgan fingerprint density at radius 2 is 1.96 bits per heavy atom. The summed E-state index contributed by atoms with van der Waals surface area (Å²) in [5.41, 5.74) is 2.25. The molecule has 5 heteroatoms. The summed E-state index contributed by atoms with van der Waals surface area (Å²) >= 11 is 1.80. The van der Waals surface area contributed by atoms with Crippen molar-refractivity contribution < 1.29 is 5.11 Å². The van der Waals surface area contributed by atoms with E-state index in [2.05, 4.69) is 67.6 Å².